The maximum atomic E-state index is 14.8. The molecule has 2 aliphatic rings. The summed E-state index contributed by atoms with van der Waals surface area (Å²) in [5.74, 6) is 0.749. The number of para-hydroxylation sites is 1. The van der Waals surface area contributed by atoms with Crippen molar-refractivity contribution in [3.8, 4) is 16.9 Å². The predicted octanol–water partition coefficient (Wildman–Crippen LogP) is 5.74. The van der Waals surface area contributed by atoms with Crippen LogP contribution < -0.4 is 15.8 Å². The number of benzene rings is 3. The first kappa shape index (κ1) is 37.2. The molecule has 284 valence electrons. The van der Waals surface area contributed by atoms with Gasteiger partial charge in [-0.15, -0.1) is 6.58 Å². The van der Waals surface area contributed by atoms with Crippen LogP contribution in [0, 0.1) is 0 Å². The molecule has 2 aromatic heterocycles. The molecule has 2 atom stereocenters. The number of nitrogens with one attached hydrogen (secondary N) is 1. The van der Waals surface area contributed by atoms with Crippen LogP contribution in [-0.2, 0) is 36.1 Å². The lowest BCUT2D eigenvalue weighted by Crippen LogP contribution is -2.76. The van der Waals surface area contributed by atoms with E-state index in [0.29, 0.717) is 18.1 Å². The highest BCUT2D eigenvalue weighted by Gasteiger charge is 2.51. The molecule has 0 aliphatic carbocycles. The number of ether oxygens (including phenoxy) is 1. The maximum Gasteiger partial charge on any atom is 0.334 e. The largest absolute Gasteiger partial charge is 0.488 e. The van der Waals surface area contributed by atoms with Crippen LogP contribution in [0.5, 0.6) is 5.75 Å². The number of aromatic nitrogens is 2. The SMILES string of the molecule is C=CCN1CC(=O)N2[C@@H](Cc3ccc(OC(C)(C)C)cc3)C(=O)N(Cc3cccc4c(-c5ccc(N)nc5)cn(C)c34)C[C@@H]2N1C(=O)NCc1ccccc1. The average molecular weight is 741 g/mol. The second-order valence-electron chi connectivity index (χ2n) is 15.1. The van der Waals surface area contributed by atoms with Gasteiger partial charge in [0.2, 0.25) is 11.8 Å². The number of carbonyl (C=O) groups excluding carboxylic acids is 3. The molecule has 2 saturated heterocycles. The molecule has 7 rings (SSSR count). The molecular weight excluding hydrogens is 693 g/mol. The van der Waals surface area contributed by atoms with Crippen molar-refractivity contribution >= 4 is 34.6 Å². The number of nitrogens with two attached hydrogens (primary N) is 1. The molecule has 4 amide bonds. The standard InChI is InChI=1S/C43H48N8O4/c1-6-21-49-28-39(52)50-36(22-29-15-18-33(19-16-29)55-43(2,3)4)41(53)48(27-38(50)51(49)42(54)46-23-30-11-8-7-9-12-30)25-32-13-10-14-34-35(26-47(5)40(32)34)31-17-20-37(44)45-24-31/h6-20,24,26,36,38H,1,21-23,25,27-28H2,2-5H3,(H2,44,45)(H,46,54)/t36-,38-/m0/s1. The summed E-state index contributed by atoms with van der Waals surface area (Å²) in [4.78, 5) is 50.9. The van der Waals surface area contributed by atoms with Gasteiger partial charge < -0.3 is 30.2 Å². The fourth-order valence-electron chi connectivity index (χ4n) is 7.65. The highest BCUT2D eigenvalue weighted by molar-refractivity contribution is 5.98. The number of nitrogens with zero attached hydrogens (tertiary/aromatic N) is 6. The van der Waals surface area contributed by atoms with Crippen molar-refractivity contribution in [2.75, 3.05) is 25.4 Å². The Morgan fingerprint density at radius 1 is 1.00 bits per heavy atom. The Labute approximate surface area is 321 Å². The summed E-state index contributed by atoms with van der Waals surface area (Å²) in [7, 11) is 1.99. The van der Waals surface area contributed by atoms with E-state index in [9.17, 15) is 14.4 Å². The Balaban J connectivity index is 1.26. The van der Waals surface area contributed by atoms with Crippen molar-refractivity contribution in [1.82, 2.24) is 34.7 Å². The lowest BCUT2D eigenvalue weighted by molar-refractivity contribution is -0.189. The number of pyridine rings is 1. The van der Waals surface area contributed by atoms with Crippen LogP contribution >= 0.6 is 0 Å². The second-order valence-corrected chi connectivity index (χ2v) is 15.1. The molecule has 3 aromatic carbocycles. The summed E-state index contributed by atoms with van der Waals surface area (Å²) >= 11 is 0. The average Bonchev–Trinajstić information content (AvgIpc) is 3.50. The number of hydrogen-bond donors (Lipinski definition) is 2. The normalized spacial score (nSPS) is 17.7. The summed E-state index contributed by atoms with van der Waals surface area (Å²) in [6.45, 7) is 10.7. The van der Waals surface area contributed by atoms with Gasteiger partial charge in [-0.2, -0.15) is 0 Å². The Morgan fingerprint density at radius 3 is 2.45 bits per heavy atom. The molecule has 4 heterocycles. The topological polar surface area (TPSA) is 129 Å². The van der Waals surface area contributed by atoms with Crippen molar-refractivity contribution in [2.45, 2.75) is 58.1 Å². The third-order valence-electron chi connectivity index (χ3n) is 9.98. The van der Waals surface area contributed by atoms with Gasteiger partial charge in [-0.1, -0.05) is 66.7 Å². The number of hydrogen-bond acceptors (Lipinski definition) is 7. The van der Waals surface area contributed by atoms with Crippen LogP contribution in [-0.4, -0.2) is 84.7 Å². The highest BCUT2D eigenvalue weighted by atomic mass is 16.5. The predicted molar refractivity (Wildman–Crippen MR) is 213 cm³/mol. The minimum Gasteiger partial charge on any atom is -0.488 e. The number of anilines is 1. The molecule has 12 nitrogen and oxygen atoms in total. The number of piperazine rings is 1. The van der Waals surface area contributed by atoms with E-state index in [2.05, 4.69) is 33.7 Å². The van der Waals surface area contributed by atoms with Crippen LogP contribution in [0.25, 0.3) is 22.0 Å². The first-order chi connectivity index (χ1) is 26.4. The number of fused-ring (bicyclic) bond motifs is 2. The first-order valence-electron chi connectivity index (χ1n) is 18.5. The number of hydrazine groups is 1. The van der Waals surface area contributed by atoms with E-state index < -0.39 is 12.2 Å². The number of amides is 4. The number of rotatable bonds is 10. The van der Waals surface area contributed by atoms with E-state index in [0.717, 1.165) is 38.7 Å². The molecule has 0 saturated carbocycles. The van der Waals surface area contributed by atoms with Gasteiger partial charge in [0.25, 0.3) is 0 Å². The van der Waals surface area contributed by atoms with Gasteiger partial charge in [0, 0.05) is 62.0 Å². The minimum absolute atomic E-state index is 0.0746. The van der Waals surface area contributed by atoms with Gasteiger partial charge in [0.05, 0.1) is 18.6 Å². The van der Waals surface area contributed by atoms with E-state index in [1.807, 2.05) is 101 Å². The summed E-state index contributed by atoms with van der Waals surface area (Å²) in [5.41, 5.74) is 11.2. The van der Waals surface area contributed by atoms with Crippen LogP contribution in [0.4, 0.5) is 10.6 Å². The molecule has 55 heavy (non-hydrogen) atoms. The number of aryl methyl sites for hydroxylation is 1. The van der Waals surface area contributed by atoms with E-state index in [1.54, 1.807) is 38.2 Å². The van der Waals surface area contributed by atoms with Crippen LogP contribution in [0.3, 0.4) is 0 Å². The summed E-state index contributed by atoms with van der Waals surface area (Å²) in [5, 5.41) is 7.39. The molecule has 2 aliphatic heterocycles. The smallest absolute Gasteiger partial charge is 0.334 e. The quantitative estimate of drug-likeness (QED) is 0.175. The van der Waals surface area contributed by atoms with Crippen molar-refractivity contribution in [3.05, 3.63) is 127 Å². The van der Waals surface area contributed by atoms with Gasteiger partial charge in [-0.05, 0) is 61.7 Å². The molecule has 0 unspecified atom stereocenters. The lowest BCUT2D eigenvalue weighted by atomic mass is 9.97. The van der Waals surface area contributed by atoms with Gasteiger partial charge in [0.15, 0.2) is 0 Å². The number of urea groups is 1. The van der Waals surface area contributed by atoms with Crippen molar-refractivity contribution in [3.63, 3.8) is 0 Å². The molecule has 0 radical (unpaired) electrons. The zero-order valence-electron chi connectivity index (χ0n) is 31.8. The fourth-order valence-corrected chi connectivity index (χ4v) is 7.65. The lowest BCUT2D eigenvalue weighted by Gasteiger charge is -2.55. The zero-order valence-corrected chi connectivity index (χ0v) is 31.8. The fraction of sp³-hybridized carbons (Fsp3) is 0.302. The second kappa shape index (κ2) is 15.3. The summed E-state index contributed by atoms with van der Waals surface area (Å²) in [6, 6.07) is 25.9. The third kappa shape index (κ3) is 7.90. The monoisotopic (exact) mass is 740 g/mol. The zero-order chi connectivity index (χ0) is 38.9. The minimum atomic E-state index is -0.861. The molecular formula is C43H48N8O4. The van der Waals surface area contributed by atoms with Crippen molar-refractivity contribution < 1.29 is 19.1 Å². The van der Waals surface area contributed by atoms with Crippen LogP contribution in [0.1, 0.15) is 37.5 Å². The Hall–Kier alpha value is -6.14. The number of nitrogen functional groups attached to an aromatic ring is 1. The van der Waals surface area contributed by atoms with Gasteiger partial charge in [-0.25, -0.2) is 19.8 Å². The van der Waals surface area contributed by atoms with E-state index in [4.69, 9.17) is 10.5 Å². The molecule has 0 spiro atoms. The molecule has 2 fully saturated rings. The van der Waals surface area contributed by atoms with Gasteiger partial charge in [0.1, 0.15) is 29.4 Å². The van der Waals surface area contributed by atoms with Crippen molar-refractivity contribution in [1.29, 1.82) is 0 Å². The highest BCUT2D eigenvalue weighted by Crippen LogP contribution is 2.35. The van der Waals surface area contributed by atoms with E-state index >= 15 is 0 Å². The first-order valence-corrected chi connectivity index (χ1v) is 18.5. The molecule has 12 heteroatoms. The van der Waals surface area contributed by atoms with E-state index in [-0.39, 0.29) is 56.0 Å². The van der Waals surface area contributed by atoms with Gasteiger partial charge >= 0.3 is 6.03 Å². The molecule has 0 bridgehead atoms. The summed E-state index contributed by atoms with van der Waals surface area (Å²) in [6.07, 6.45) is 4.99. The van der Waals surface area contributed by atoms with Crippen LogP contribution in [0.2, 0.25) is 0 Å². The maximum absolute atomic E-state index is 14.8. The van der Waals surface area contributed by atoms with Crippen molar-refractivity contribution in [2.24, 2.45) is 7.05 Å². The Kier molecular flexibility index (Phi) is 10.3. The van der Waals surface area contributed by atoms with Crippen LogP contribution in [0.15, 0.2) is 110 Å². The molecule has 3 N–H and O–H groups in total. The third-order valence-corrected chi connectivity index (χ3v) is 9.98. The molecule has 5 aromatic rings. The Morgan fingerprint density at radius 2 is 1.76 bits per heavy atom. The van der Waals surface area contributed by atoms with Gasteiger partial charge in [-0.3, -0.25) is 9.59 Å². The summed E-state index contributed by atoms with van der Waals surface area (Å²) < 4.78 is 8.11. The van der Waals surface area contributed by atoms with E-state index in [1.165, 1.54) is 0 Å². The Bertz CT molecular complexity index is 2190. The number of carbonyl (C=O) groups is 3.